The Labute approximate surface area is 252 Å². The smallest absolute Gasteiger partial charge is 0.261 e. The molecule has 43 heavy (non-hydrogen) atoms. The van der Waals surface area contributed by atoms with E-state index in [9.17, 15) is 14.4 Å². The minimum Gasteiger partial charge on any atom is -0.461 e. The largest absolute Gasteiger partial charge is 0.461 e. The van der Waals surface area contributed by atoms with E-state index in [2.05, 4.69) is 16.8 Å². The van der Waals surface area contributed by atoms with Crippen molar-refractivity contribution in [3.05, 3.63) is 87.3 Å². The van der Waals surface area contributed by atoms with Crippen LogP contribution in [0.2, 0.25) is 0 Å². The number of hydrogen-bond acceptors (Lipinski definition) is 6. The zero-order valence-corrected chi connectivity index (χ0v) is 26.2. The minimum atomic E-state index is -1.14. The molecule has 0 unspecified atom stereocenters. The minimum absolute atomic E-state index is 0.0497. The Morgan fingerprint density at radius 2 is 1.72 bits per heavy atom. The van der Waals surface area contributed by atoms with E-state index in [-0.39, 0.29) is 17.4 Å². The highest BCUT2D eigenvalue weighted by Crippen LogP contribution is 2.38. The number of carbonyl (C=O) groups excluding carboxylic acids is 2. The van der Waals surface area contributed by atoms with Crippen LogP contribution >= 0.6 is 0 Å². The number of hydrogen-bond donors (Lipinski definition) is 0. The number of carbonyl (C=O) groups is 2. The highest BCUT2D eigenvalue weighted by molar-refractivity contribution is 6.19. The molecule has 5 rings (SSSR count). The second-order valence-electron chi connectivity index (χ2n) is 12.1. The van der Waals surface area contributed by atoms with Crippen LogP contribution in [-0.2, 0) is 29.1 Å². The van der Waals surface area contributed by atoms with E-state index in [1.165, 1.54) is 5.56 Å². The summed E-state index contributed by atoms with van der Waals surface area (Å²) >= 11 is 0. The molecular weight excluding hydrogens is 542 g/mol. The van der Waals surface area contributed by atoms with Crippen LogP contribution in [0.3, 0.4) is 0 Å². The summed E-state index contributed by atoms with van der Waals surface area (Å²) in [6, 6.07) is 9.85. The Kier molecular flexibility index (Phi) is 8.29. The summed E-state index contributed by atoms with van der Waals surface area (Å²) in [5.41, 5.74) is 5.26. The lowest BCUT2D eigenvalue weighted by molar-refractivity contribution is -0.137. The average Bonchev–Trinajstić information content (AvgIpc) is 3.38. The Morgan fingerprint density at radius 3 is 2.44 bits per heavy atom. The summed E-state index contributed by atoms with van der Waals surface area (Å²) < 4.78 is 7.53. The number of aromatic nitrogens is 2. The monoisotopic (exact) mass is 583 g/mol. The highest BCUT2D eigenvalue weighted by Gasteiger charge is 2.45. The lowest BCUT2D eigenvalue weighted by atomic mass is 9.90. The first-order valence-electron chi connectivity index (χ1n) is 14.9. The van der Waals surface area contributed by atoms with Gasteiger partial charge in [-0.05, 0) is 88.9 Å². The van der Waals surface area contributed by atoms with E-state index in [1.807, 2.05) is 63.5 Å². The van der Waals surface area contributed by atoms with E-state index in [0.29, 0.717) is 37.1 Å². The number of anilines is 2. The van der Waals surface area contributed by atoms with Crippen molar-refractivity contribution in [2.24, 2.45) is 5.41 Å². The molecule has 9 heteroatoms. The number of nitrogens with zero attached hydrogens (tertiary/aromatic N) is 5. The molecule has 0 bridgehead atoms. The zero-order chi connectivity index (χ0) is 31.1. The van der Waals surface area contributed by atoms with Gasteiger partial charge in [-0.15, -0.1) is 0 Å². The van der Waals surface area contributed by atoms with Gasteiger partial charge in [0.25, 0.3) is 5.56 Å². The molecule has 2 amide bonds. The maximum absolute atomic E-state index is 13.3. The zero-order valence-electron chi connectivity index (χ0n) is 26.2. The second-order valence-corrected chi connectivity index (χ2v) is 12.1. The van der Waals surface area contributed by atoms with E-state index in [0.717, 1.165) is 46.8 Å². The number of pyridine rings is 2. The Balaban J connectivity index is 1.40. The molecule has 0 saturated carbocycles. The van der Waals surface area contributed by atoms with Crippen LogP contribution in [0.15, 0.2) is 58.1 Å². The van der Waals surface area contributed by atoms with Gasteiger partial charge in [0.15, 0.2) is 0 Å². The number of furan rings is 1. The van der Waals surface area contributed by atoms with E-state index < -0.39 is 5.41 Å². The van der Waals surface area contributed by atoms with Crippen LogP contribution in [0.25, 0.3) is 11.0 Å². The molecule has 0 fully saturated rings. The van der Waals surface area contributed by atoms with Crippen molar-refractivity contribution in [2.75, 3.05) is 36.5 Å². The summed E-state index contributed by atoms with van der Waals surface area (Å²) in [5, 5.41) is 0.610. The van der Waals surface area contributed by atoms with Gasteiger partial charge in [0.2, 0.25) is 11.8 Å². The van der Waals surface area contributed by atoms with Gasteiger partial charge in [0.1, 0.15) is 16.8 Å². The molecule has 1 aliphatic rings. The van der Waals surface area contributed by atoms with Gasteiger partial charge >= 0.3 is 0 Å². The molecule has 0 N–H and O–H groups in total. The van der Waals surface area contributed by atoms with Gasteiger partial charge in [0.05, 0.1) is 16.8 Å². The predicted molar refractivity (Wildman–Crippen MR) is 170 cm³/mol. The number of benzene rings is 1. The summed E-state index contributed by atoms with van der Waals surface area (Å²) in [7, 11) is 1.74. The molecular formula is C34H41N5O4. The predicted octanol–water partition coefficient (Wildman–Crippen LogP) is 5.02. The Bertz CT molecular complexity index is 1750. The quantitative estimate of drug-likeness (QED) is 0.257. The molecule has 4 heterocycles. The van der Waals surface area contributed by atoms with E-state index in [1.54, 1.807) is 41.5 Å². The summed E-state index contributed by atoms with van der Waals surface area (Å²) in [5.74, 6) is 0.321. The number of rotatable bonds is 9. The molecule has 0 saturated heterocycles. The van der Waals surface area contributed by atoms with Crippen LogP contribution < -0.4 is 15.4 Å². The number of fused-ring (bicyclic) bond motifs is 2. The standard InChI is InChI=1S/C34H41N5O4/c1-8-39-28-10-9-25(18-29(28)36(7)32(41)34(5,6)33(39)42)12-14-37(21-26-19-35-13-11-22(26)2)15-16-38-20-23(3)30-27(31(38)40)17-24(4)43-30/h9-11,13,17-20H,8,12,14-16,21H2,1-7H3. The van der Waals surface area contributed by atoms with Gasteiger partial charge in [-0.3, -0.25) is 24.3 Å². The van der Waals surface area contributed by atoms with Crippen molar-refractivity contribution in [3.63, 3.8) is 0 Å². The SMILES string of the molecule is CCN1C(=O)C(C)(C)C(=O)N(C)c2cc(CCN(CCn3cc(C)c4oc(C)cc4c3=O)Cc3cnccc3C)ccc21. The third-order valence-electron chi connectivity index (χ3n) is 8.60. The first-order chi connectivity index (χ1) is 20.4. The van der Waals surface area contributed by atoms with Crippen LogP contribution in [0, 0.1) is 26.2 Å². The first-order valence-corrected chi connectivity index (χ1v) is 14.9. The van der Waals surface area contributed by atoms with Crippen molar-refractivity contribution >= 4 is 34.2 Å². The summed E-state index contributed by atoms with van der Waals surface area (Å²) in [4.78, 5) is 49.8. The van der Waals surface area contributed by atoms with Gasteiger partial charge in [-0.1, -0.05) is 6.07 Å². The maximum Gasteiger partial charge on any atom is 0.261 e. The van der Waals surface area contributed by atoms with Gasteiger partial charge in [-0.25, -0.2) is 0 Å². The van der Waals surface area contributed by atoms with Crippen molar-refractivity contribution in [2.45, 2.75) is 61.1 Å². The van der Waals surface area contributed by atoms with Gasteiger partial charge in [0, 0.05) is 63.9 Å². The summed E-state index contributed by atoms with van der Waals surface area (Å²) in [6.45, 7) is 14.3. The Morgan fingerprint density at radius 1 is 0.953 bits per heavy atom. The van der Waals surface area contributed by atoms with Crippen molar-refractivity contribution in [3.8, 4) is 0 Å². The topological polar surface area (TPSA) is 91.9 Å². The second kappa shape index (κ2) is 11.8. The molecule has 1 aromatic carbocycles. The Hall–Kier alpha value is -4.24. The van der Waals surface area contributed by atoms with E-state index in [4.69, 9.17) is 4.42 Å². The molecule has 9 nitrogen and oxygen atoms in total. The molecule has 0 aliphatic carbocycles. The van der Waals surface area contributed by atoms with Crippen LogP contribution in [0.5, 0.6) is 0 Å². The third-order valence-corrected chi connectivity index (χ3v) is 8.60. The van der Waals surface area contributed by atoms with Crippen molar-refractivity contribution < 1.29 is 14.0 Å². The molecule has 1 aliphatic heterocycles. The lowest BCUT2D eigenvalue weighted by Crippen LogP contribution is -2.47. The average molecular weight is 584 g/mol. The molecule has 4 aromatic rings. The molecule has 0 atom stereocenters. The third kappa shape index (κ3) is 5.73. The van der Waals surface area contributed by atoms with Crippen molar-refractivity contribution in [1.82, 2.24) is 14.5 Å². The summed E-state index contributed by atoms with van der Waals surface area (Å²) in [6.07, 6.45) is 6.31. The maximum atomic E-state index is 13.3. The fraction of sp³-hybridized carbons (Fsp3) is 0.412. The first kappa shape index (κ1) is 30.2. The van der Waals surface area contributed by atoms with Crippen molar-refractivity contribution in [1.29, 1.82) is 0 Å². The van der Waals surface area contributed by atoms with Crippen LogP contribution in [0.4, 0.5) is 11.4 Å². The highest BCUT2D eigenvalue weighted by atomic mass is 16.3. The van der Waals surface area contributed by atoms with E-state index >= 15 is 0 Å². The number of aryl methyl sites for hydroxylation is 3. The van der Waals surface area contributed by atoms with Crippen LogP contribution in [0.1, 0.15) is 48.8 Å². The molecule has 0 radical (unpaired) electrons. The molecule has 0 spiro atoms. The fourth-order valence-corrected chi connectivity index (χ4v) is 5.95. The van der Waals surface area contributed by atoms with Gasteiger partial charge in [-0.2, -0.15) is 0 Å². The van der Waals surface area contributed by atoms with Crippen LogP contribution in [-0.4, -0.2) is 52.9 Å². The normalized spacial score (nSPS) is 15.0. The van der Waals surface area contributed by atoms with Gasteiger partial charge < -0.3 is 18.8 Å². The lowest BCUT2D eigenvalue weighted by Gasteiger charge is -2.27. The molecule has 226 valence electrons. The number of amides is 2. The molecule has 3 aromatic heterocycles. The fourth-order valence-electron chi connectivity index (χ4n) is 5.95.